The van der Waals surface area contributed by atoms with Gasteiger partial charge in [-0.1, -0.05) is 6.92 Å². The van der Waals surface area contributed by atoms with Gasteiger partial charge in [-0.2, -0.15) is 5.10 Å². The molecule has 0 radical (unpaired) electrons. The maximum absolute atomic E-state index is 4.53. The van der Waals surface area contributed by atoms with Crippen molar-refractivity contribution in [3.63, 3.8) is 0 Å². The van der Waals surface area contributed by atoms with E-state index in [0.717, 1.165) is 27.9 Å². The van der Waals surface area contributed by atoms with Crippen LogP contribution in [0.1, 0.15) is 33.2 Å². The van der Waals surface area contributed by atoms with Crippen LogP contribution in [0.3, 0.4) is 0 Å². The van der Waals surface area contributed by atoms with Crippen LogP contribution in [0.4, 0.5) is 5.95 Å². The van der Waals surface area contributed by atoms with E-state index in [2.05, 4.69) is 63.7 Å². The van der Waals surface area contributed by atoms with E-state index in [1.807, 2.05) is 16.9 Å². The second-order valence-electron chi connectivity index (χ2n) is 4.60. The monoisotopic (exact) mass is 371 g/mol. The van der Waals surface area contributed by atoms with Gasteiger partial charge in [0.1, 0.15) is 3.70 Å². The van der Waals surface area contributed by atoms with Gasteiger partial charge in [-0.15, -0.1) is 0 Å². The molecule has 0 saturated carbocycles. The van der Waals surface area contributed by atoms with Gasteiger partial charge in [0, 0.05) is 25.0 Å². The first-order chi connectivity index (χ1) is 9.11. The van der Waals surface area contributed by atoms with Crippen molar-refractivity contribution in [3.8, 4) is 11.3 Å². The van der Waals surface area contributed by atoms with Crippen molar-refractivity contribution < 1.29 is 0 Å². The molecule has 0 bridgehead atoms. The Kier molecular flexibility index (Phi) is 4.73. The number of aromatic nitrogens is 4. The van der Waals surface area contributed by atoms with E-state index < -0.39 is 0 Å². The molecule has 0 atom stereocenters. The highest BCUT2D eigenvalue weighted by atomic mass is 127. The molecule has 6 heteroatoms. The standard InChI is InChI=1S/C13H18IN5/c1-4-6-15-13-16-7-5-11(17-13)10-8-19(9(2)3)18-12(10)14/h5,7-9H,4,6H2,1-3H3,(H,15,16,17). The maximum atomic E-state index is 4.53. The Morgan fingerprint density at radius 3 is 2.84 bits per heavy atom. The minimum absolute atomic E-state index is 0.349. The van der Waals surface area contributed by atoms with Gasteiger partial charge in [0.15, 0.2) is 0 Å². The molecule has 5 nitrogen and oxygen atoms in total. The molecule has 19 heavy (non-hydrogen) atoms. The lowest BCUT2D eigenvalue weighted by Crippen LogP contribution is -2.04. The van der Waals surface area contributed by atoms with E-state index in [1.165, 1.54) is 0 Å². The first-order valence-corrected chi connectivity index (χ1v) is 7.51. The van der Waals surface area contributed by atoms with Crippen LogP contribution < -0.4 is 5.32 Å². The predicted octanol–water partition coefficient (Wildman–Crippen LogP) is 3.35. The SMILES string of the molecule is CCCNc1nccc(-c2cn(C(C)C)nc2I)n1. The number of hydrogen-bond acceptors (Lipinski definition) is 4. The molecule has 0 aliphatic heterocycles. The number of rotatable bonds is 5. The lowest BCUT2D eigenvalue weighted by atomic mass is 10.2. The predicted molar refractivity (Wildman–Crippen MR) is 85.1 cm³/mol. The summed E-state index contributed by atoms with van der Waals surface area (Å²) in [4.78, 5) is 8.76. The Balaban J connectivity index is 2.30. The summed E-state index contributed by atoms with van der Waals surface area (Å²) >= 11 is 2.25. The smallest absolute Gasteiger partial charge is 0.223 e. The number of nitrogens with one attached hydrogen (secondary N) is 1. The minimum Gasteiger partial charge on any atom is -0.354 e. The summed E-state index contributed by atoms with van der Waals surface area (Å²) in [7, 11) is 0. The van der Waals surface area contributed by atoms with Crippen molar-refractivity contribution in [3.05, 3.63) is 22.2 Å². The summed E-state index contributed by atoms with van der Waals surface area (Å²) < 4.78 is 2.92. The van der Waals surface area contributed by atoms with E-state index in [1.54, 1.807) is 6.20 Å². The van der Waals surface area contributed by atoms with E-state index >= 15 is 0 Å². The molecule has 2 heterocycles. The first-order valence-electron chi connectivity index (χ1n) is 6.43. The fourth-order valence-corrected chi connectivity index (χ4v) is 2.30. The highest BCUT2D eigenvalue weighted by Gasteiger charge is 2.12. The molecule has 2 aromatic rings. The van der Waals surface area contributed by atoms with Crippen LogP contribution in [0.2, 0.25) is 0 Å². The van der Waals surface area contributed by atoms with Gasteiger partial charge in [0.2, 0.25) is 5.95 Å². The third kappa shape index (κ3) is 3.43. The van der Waals surface area contributed by atoms with Crippen LogP contribution in [0.15, 0.2) is 18.5 Å². The summed E-state index contributed by atoms with van der Waals surface area (Å²) in [6, 6.07) is 2.27. The average molecular weight is 371 g/mol. The molecule has 102 valence electrons. The average Bonchev–Trinajstić information content (AvgIpc) is 2.79. The largest absolute Gasteiger partial charge is 0.354 e. The molecular weight excluding hydrogens is 353 g/mol. The topological polar surface area (TPSA) is 55.6 Å². The molecule has 1 N–H and O–H groups in total. The van der Waals surface area contributed by atoms with Gasteiger partial charge >= 0.3 is 0 Å². The van der Waals surface area contributed by atoms with Gasteiger partial charge < -0.3 is 5.32 Å². The Labute approximate surface area is 127 Å². The van der Waals surface area contributed by atoms with E-state index in [4.69, 9.17) is 0 Å². The fourth-order valence-electron chi connectivity index (χ4n) is 1.64. The van der Waals surface area contributed by atoms with Crippen LogP contribution in [0.5, 0.6) is 0 Å². The lowest BCUT2D eigenvalue weighted by Gasteiger charge is -2.04. The zero-order valence-corrected chi connectivity index (χ0v) is 13.5. The zero-order chi connectivity index (χ0) is 13.8. The van der Waals surface area contributed by atoms with Crippen molar-refractivity contribution in [2.75, 3.05) is 11.9 Å². The summed E-state index contributed by atoms with van der Waals surface area (Å²) in [6.07, 6.45) is 4.87. The molecule has 0 aliphatic rings. The summed E-state index contributed by atoms with van der Waals surface area (Å²) in [5.41, 5.74) is 1.96. The number of hydrogen-bond donors (Lipinski definition) is 1. The molecule has 0 spiro atoms. The maximum Gasteiger partial charge on any atom is 0.223 e. The summed E-state index contributed by atoms with van der Waals surface area (Å²) in [5.74, 6) is 0.674. The van der Waals surface area contributed by atoms with Gasteiger partial charge in [0.05, 0.1) is 11.3 Å². The van der Waals surface area contributed by atoms with Gasteiger partial charge in [-0.3, -0.25) is 4.68 Å². The molecule has 0 fully saturated rings. The van der Waals surface area contributed by atoms with Crippen molar-refractivity contribution in [1.29, 1.82) is 0 Å². The minimum atomic E-state index is 0.349. The molecule has 0 unspecified atom stereocenters. The Morgan fingerprint density at radius 2 is 2.21 bits per heavy atom. The summed E-state index contributed by atoms with van der Waals surface area (Å²) in [6.45, 7) is 7.22. The van der Waals surface area contributed by atoms with E-state index in [-0.39, 0.29) is 0 Å². The molecule has 0 aromatic carbocycles. The van der Waals surface area contributed by atoms with Crippen LogP contribution in [-0.2, 0) is 0 Å². The van der Waals surface area contributed by atoms with Crippen LogP contribution >= 0.6 is 22.6 Å². The van der Waals surface area contributed by atoms with Crippen LogP contribution in [-0.4, -0.2) is 26.3 Å². The second kappa shape index (κ2) is 6.31. The van der Waals surface area contributed by atoms with Crippen molar-refractivity contribution >= 4 is 28.5 Å². The van der Waals surface area contributed by atoms with Gasteiger partial charge in [-0.05, 0) is 48.9 Å². The number of nitrogens with zero attached hydrogens (tertiary/aromatic N) is 4. The van der Waals surface area contributed by atoms with Crippen molar-refractivity contribution in [2.45, 2.75) is 33.2 Å². The van der Waals surface area contributed by atoms with E-state index in [0.29, 0.717) is 12.0 Å². The normalized spacial score (nSPS) is 11.0. The molecule has 2 aromatic heterocycles. The van der Waals surface area contributed by atoms with Crippen LogP contribution in [0, 0.1) is 3.70 Å². The summed E-state index contributed by atoms with van der Waals surface area (Å²) in [5, 5.41) is 7.70. The second-order valence-corrected chi connectivity index (χ2v) is 5.62. The highest BCUT2D eigenvalue weighted by Crippen LogP contribution is 2.24. The van der Waals surface area contributed by atoms with Crippen LogP contribution in [0.25, 0.3) is 11.3 Å². The first kappa shape index (κ1) is 14.2. The zero-order valence-electron chi connectivity index (χ0n) is 11.4. The molecular formula is C13H18IN5. The molecule has 0 saturated heterocycles. The molecule has 0 amide bonds. The Hall–Kier alpha value is -1.18. The van der Waals surface area contributed by atoms with E-state index in [9.17, 15) is 0 Å². The molecule has 2 rings (SSSR count). The van der Waals surface area contributed by atoms with Crippen molar-refractivity contribution in [2.24, 2.45) is 0 Å². The Bertz CT molecular complexity index is 550. The lowest BCUT2D eigenvalue weighted by molar-refractivity contribution is 0.529. The van der Waals surface area contributed by atoms with Gasteiger partial charge in [-0.25, -0.2) is 9.97 Å². The fraction of sp³-hybridized carbons (Fsp3) is 0.462. The Morgan fingerprint density at radius 1 is 1.42 bits per heavy atom. The van der Waals surface area contributed by atoms with Crippen molar-refractivity contribution in [1.82, 2.24) is 19.7 Å². The number of anilines is 1. The quantitative estimate of drug-likeness (QED) is 0.820. The molecule has 0 aliphatic carbocycles. The highest BCUT2D eigenvalue weighted by molar-refractivity contribution is 14.1. The third-order valence-electron chi connectivity index (χ3n) is 2.68. The third-order valence-corrected chi connectivity index (χ3v) is 3.48. The van der Waals surface area contributed by atoms with Gasteiger partial charge in [0.25, 0.3) is 0 Å². The number of halogens is 1.